The normalized spacial score (nSPS) is 15.2. The fourth-order valence-corrected chi connectivity index (χ4v) is 5.98. The first-order valence-corrected chi connectivity index (χ1v) is 10.6. The van der Waals surface area contributed by atoms with Gasteiger partial charge in [0.2, 0.25) is 5.91 Å². The first-order valence-electron chi connectivity index (χ1n) is 8.02. The van der Waals surface area contributed by atoms with Gasteiger partial charge in [0, 0.05) is 16.0 Å². The summed E-state index contributed by atoms with van der Waals surface area (Å²) in [4.78, 5) is 18.2. The Kier molecular flexibility index (Phi) is 5.59. The molecule has 0 saturated carbocycles. The minimum atomic E-state index is -0.246. The van der Waals surface area contributed by atoms with Crippen LogP contribution in [0, 0.1) is 18.3 Å². The number of carbonyl (C=O) groups is 1. The molecule has 4 nitrogen and oxygen atoms in total. The van der Waals surface area contributed by atoms with E-state index in [9.17, 15) is 10.1 Å². The molecule has 7 heteroatoms. The van der Waals surface area contributed by atoms with Crippen LogP contribution in [0.4, 0.5) is 5.00 Å². The maximum Gasteiger partial charge on any atom is 0.238 e. The summed E-state index contributed by atoms with van der Waals surface area (Å²) in [6, 6.07) is 2.31. The lowest BCUT2D eigenvalue weighted by molar-refractivity contribution is -0.115. The van der Waals surface area contributed by atoms with Crippen molar-refractivity contribution in [2.24, 2.45) is 0 Å². The fraction of sp³-hybridized carbons (Fsp3) is 0.471. The van der Waals surface area contributed by atoms with Crippen LogP contribution in [0.5, 0.6) is 0 Å². The zero-order valence-corrected chi connectivity index (χ0v) is 16.2. The Morgan fingerprint density at radius 1 is 1.42 bits per heavy atom. The van der Waals surface area contributed by atoms with Crippen LogP contribution in [0.2, 0.25) is 0 Å². The summed E-state index contributed by atoms with van der Waals surface area (Å²) >= 11 is 4.60. The molecule has 1 atom stereocenters. The maximum atomic E-state index is 12.5. The second-order valence-electron chi connectivity index (χ2n) is 5.88. The summed E-state index contributed by atoms with van der Waals surface area (Å²) in [5, 5.41) is 15.0. The fourth-order valence-electron chi connectivity index (χ4n) is 2.75. The van der Waals surface area contributed by atoms with Crippen LogP contribution in [0.3, 0.4) is 0 Å². The van der Waals surface area contributed by atoms with Crippen molar-refractivity contribution in [3.63, 3.8) is 0 Å². The van der Waals surface area contributed by atoms with Crippen molar-refractivity contribution in [1.82, 2.24) is 4.98 Å². The maximum absolute atomic E-state index is 12.5. The van der Waals surface area contributed by atoms with Crippen molar-refractivity contribution in [3.05, 3.63) is 27.1 Å². The summed E-state index contributed by atoms with van der Waals surface area (Å²) < 4.78 is 0.901. The van der Waals surface area contributed by atoms with Gasteiger partial charge in [-0.05, 0) is 45.1 Å². The van der Waals surface area contributed by atoms with E-state index in [1.54, 1.807) is 22.7 Å². The zero-order chi connectivity index (χ0) is 17.1. The van der Waals surface area contributed by atoms with E-state index in [0.29, 0.717) is 5.56 Å². The minimum Gasteiger partial charge on any atom is -0.316 e. The average Bonchev–Trinajstić information content (AvgIpc) is 3.02. The van der Waals surface area contributed by atoms with Crippen molar-refractivity contribution in [1.29, 1.82) is 5.26 Å². The smallest absolute Gasteiger partial charge is 0.238 e. The third-order valence-corrected chi connectivity index (χ3v) is 7.41. The number of hydrogen-bond donors (Lipinski definition) is 1. The van der Waals surface area contributed by atoms with E-state index >= 15 is 0 Å². The van der Waals surface area contributed by atoms with Crippen LogP contribution < -0.4 is 5.32 Å². The Morgan fingerprint density at radius 3 is 2.92 bits per heavy atom. The molecule has 0 saturated heterocycles. The van der Waals surface area contributed by atoms with Gasteiger partial charge in [-0.1, -0.05) is 18.2 Å². The summed E-state index contributed by atoms with van der Waals surface area (Å²) in [6.45, 7) is 3.82. The van der Waals surface area contributed by atoms with E-state index in [2.05, 4.69) is 16.4 Å². The summed E-state index contributed by atoms with van der Waals surface area (Å²) in [5.41, 5.74) is 2.81. The molecule has 0 aliphatic heterocycles. The van der Waals surface area contributed by atoms with Gasteiger partial charge in [0.1, 0.15) is 11.1 Å². The molecule has 2 aromatic heterocycles. The second kappa shape index (κ2) is 7.68. The number of nitrogens with zero attached hydrogens (tertiary/aromatic N) is 2. The van der Waals surface area contributed by atoms with Gasteiger partial charge in [0.25, 0.3) is 0 Å². The molecule has 3 rings (SSSR count). The molecule has 0 fully saturated rings. The van der Waals surface area contributed by atoms with Crippen molar-refractivity contribution in [2.45, 2.75) is 55.5 Å². The zero-order valence-electron chi connectivity index (χ0n) is 13.7. The molecule has 1 N–H and O–H groups in total. The molecule has 0 aromatic carbocycles. The molecule has 24 heavy (non-hydrogen) atoms. The quantitative estimate of drug-likeness (QED) is 0.615. The third kappa shape index (κ3) is 3.82. The third-order valence-electron chi connectivity index (χ3n) is 4.01. The van der Waals surface area contributed by atoms with E-state index < -0.39 is 0 Å². The highest BCUT2D eigenvalue weighted by Crippen LogP contribution is 2.37. The van der Waals surface area contributed by atoms with Crippen molar-refractivity contribution >= 4 is 45.3 Å². The van der Waals surface area contributed by atoms with Crippen LogP contribution in [-0.2, 0) is 17.6 Å². The minimum absolute atomic E-state index is 0.0687. The highest BCUT2D eigenvalue weighted by molar-refractivity contribution is 8.02. The van der Waals surface area contributed by atoms with E-state index in [1.165, 1.54) is 29.5 Å². The van der Waals surface area contributed by atoms with Gasteiger partial charge in [-0.25, -0.2) is 4.98 Å². The number of aromatic nitrogens is 1. The van der Waals surface area contributed by atoms with Gasteiger partial charge in [-0.2, -0.15) is 5.26 Å². The molecule has 0 radical (unpaired) electrons. The van der Waals surface area contributed by atoms with Gasteiger partial charge in [-0.15, -0.1) is 22.7 Å². The molecule has 0 spiro atoms. The molecule has 1 aliphatic carbocycles. The number of thiazole rings is 1. The number of carbonyl (C=O) groups excluding carboxylic acids is 1. The topological polar surface area (TPSA) is 65.8 Å². The van der Waals surface area contributed by atoms with Crippen molar-refractivity contribution in [2.75, 3.05) is 5.32 Å². The number of anilines is 1. The van der Waals surface area contributed by atoms with Crippen LogP contribution in [0.25, 0.3) is 0 Å². The first-order chi connectivity index (χ1) is 11.6. The Hall–Kier alpha value is -1.36. The number of amides is 1. The van der Waals surface area contributed by atoms with E-state index in [4.69, 9.17) is 0 Å². The van der Waals surface area contributed by atoms with Crippen molar-refractivity contribution < 1.29 is 4.79 Å². The van der Waals surface area contributed by atoms with E-state index in [1.807, 2.05) is 19.2 Å². The Balaban J connectivity index is 1.73. The summed E-state index contributed by atoms with van der Waals surface area (Å²) in [6.07, 6.45) is 5.48. The largest absolute Gasteiger partial charge is 0.316 e. The lowest BCUT2D eigenvalue weighted by atomic mass is 10.1. The van der Waals surface area contributed by atoms with Gasteiger partial charge in [-0.3, -0.25) is 4.79 Å². The predicted molar refractivity (Wildman–Crippen MR) is 101 cm³/mol. The molecule has 2 heterocycles. The molecular weight excluding hydrogens is 358 g/mol. The van der Waals surface area contributed by atoms with Gasteiger partial charge >= 0.3 is 0 Å². The molecule has 2 aromatic rings. The lowest BCUT2D eigenvalue weighted by Gasteiger charge is -2.09. The summed E-state index contributed by atoms with van der Waals surface area (Å²) in [5.74, 6) is -0.0687. The number of hydrogen-bond acceptors (Lipinski definition) is 6. The SMILES string of the molecule is Cc1csc(SC(C)C(=O)Nc2sc3c(c2C#N)CCCCC3)n1. The molecular formula is C17H19N3OS3. The molecule has 1 amide bonds. The standard InChI is InChI=1S/C17H19N3OS3/c1-10-9-22-17(19-10)23-11(2)15(21)20-16-13(8-18)12-6-4-3-5-7-14(12)24-16/h9,11H,3-7H2,1-2H3,(H,20,21). The van der Waals surface area contributed by atoms with Crippen molar-refractivity contribution in [3.8, 4) is 6.07 Å². The van der Waals surface area contributed by atoms with Crippen LogP contribution in [-0.4, -0.2) is 16.1 Å². The van der Waals surface area contributed by atoms with Crippen LogP contribution in [0.1, 0.15) is 47.9 Å². The molecule has 1 unspecified atom stereocenters. The van der Waals surface area contributed by atoms with Gasteiger partial charge in [0.05, 0.1) is 10.8 Å². The van der Waals surface area contributed by atoms with E-state index in [0.717, 1.165) is 39.9 Å². The number of nitrogens with one attached hydrogen (secondary N) is 1. The highest BCUT2D eigenvalue weighted by Gasteiger charge is 2.23. The lowest BCUT2D eigenvalue weighted by Crippen LogP contribution is -2.22. The first kappa shape index (κ1) is 17.5. The molecule has 126 valence electrons. The Labute approximate surface area is 154 Å². The average molecular weight is 378 g/mol. The number of rotatable bonds is 4. The number of fused-ring (bicyclic) bond motifs is 1. The van der Waals surface area contributed by atoms with Crippen LogP contribution >= 0.6 is 34.4 Å². The van der Waals surface area contributed by atoms with Gasteiger partial charge in [0.15, 0.2) is 4.34 Å². The molecule has 0 bridgehead atoms. The summed E-state index contributed by atoms with van der Waals surface area (Å²) in [7, 11) is 0. The van der Waals surface area contributed by atoms with Crippen LogP contribution in [0.15, 0.2) is 9.72 Å². The number of thiophene rings is 1. The number of nitriles is 1. The van der Waals surface area contributed by atoms with E-state index in [-0.39, 0.29) is 11.2 Å². The highest BCUT2D eigenvalue weighted by atomic mass is 32.2. The number of thioether (sulfide) groups is 1. The number of aryl methyl sites for hydroxylation is 2. The second-order valence-corrected chi connectivity index (χ2v) is 9.44. The Bertz CT molecular complexity index is 788. The van der Waals surface area contributed by atoms with Gasteiger partial charge < -0.3 is 5.32 Å². The Morgan fingerprint density at radius 2 is 2.21 bits per heavy atom. The predicted octanol–water partition coefficient (Wildman–Crippen LogP) is 4.77. The monoisotopic (exact) mass is 377 g/mol. The molecule has 1 aliphatic rings.